The third kappa shape index (κ3) is 3.45. The van der Waals surface area contributed by atoms with Crippen molar-refractivity contribution in [1.29, 1.82) is 0 Å². The van der Waals surface area contributed by atoms with Crippen LogP contribution in [0.4, 0.5) is 0 Å². The van der Waals surface area contributed by atoms with Crippen molar-refractivity contribution in [2.24, 2.45) is 5.73 Å². The van der Waals surface area contributed by atoms with Crippen molar-refractivity contribution in [1.82, 2.24) is 4.90 Å². The van der Waals surface area contributed by atoms with Crippen LogP contribution in [0, 0.1) is 0 Å². The molecule has 1 aliphatic heterocycles. The first-order chi connectivity index (χ1) is 8.70. The maximum atomic E-state index is 9.26. The zero-order valence-electron chi connectivity index (χ0n) is 10.6. The number of nitrogens with two attached hydrogens (primary N) is 1. The molecule has 1 fully saturated rings. The lowest BCUT2D eigenvalue weighted by molar-refractivity contribution is 0.155. The summed E-state index contributed by atoms with van der Waals surface area (Å²) in [5.74, 6) is 0. The van der Waals surface area contributed by atoms with E-state index in [4.69, 9.17) is 17.3 Å². The van der Waals surface area contributed by atoms with Gasteiger partial charge in [0.05, 0.1) is 6.61 Å². The molecule has 3 nitrogen and oxygen atoms in total. The van der Waals surface area contributed by atoms with Crippen LogP contribution >= 0.6 is 11.6 Å². The third-order valence-electron chi connectivity index (χ3n) is 3.74. The Hall–Kier alpha value is -0.610. The van der Waals surface area contributed by atoms with E-state index >= 15 is 0 Å². The second-order valence-electron chi connectivity index (χ2n) is 4.96. The summed E-state index contributed by atoms with van der Waals surface area (Å²) >= 11 is 5.86. The van der Waals surface area contributed by atoms with Crippen molar-refractivity contribution < 1.29 is 5.11 Å². The molecule has 2 rings (SSSR count). The number of benzene rings is 1. The average molecular weight is 269 g/mol. The van der Waals surface area contributed by atoms with Gasteiger partial charge in [0, 0.05) is 23.7 Å². The smallest absolute Gasteiger partial charge is 0.0586 e. The molecule has 100 valence electrons. The number of aliphatic hydroxyl groups excluding tert-OH is 1. The highest BCUT2D eigenvalue weighted by Gasteiger charge is 2.23. The first-order valence-electron chi connectivity index (χ1n) is 6.56. The number of aliphatic hydroxyl groups is 1. The Balaban J connectivity index is 1.84. The lowest BCUT2D eigenvalue weighted by Gasteiger charge is -2.24. The fourth-order valence-corrected chi connectivity index (χ4v) is 2.70. The number of hydrogen-bond donors (Lipinski definition) is 2. The fraction of sp³-hybridized carbons (Fsp3) is 0.571. The van der Waals surface area contributed by atoms with Crippen molar-refractivity contribution in [3.05, 3.63) is 34.9 Å². The van der Waals surface area contributed by atoms with Gasteiger partial charge in [0.2, 0.25) is 0 Å². The molecule has 1 saturated heterocycles. The molecule has 0 aliphatic carbocycles. The number of likely N-dealkylation sites (tertiary alicyclic amines) is 1. The van der Waals surface area contributed by atoms with Crippen LogP contribution in [-0.4, -0.2) is 35.7 Å². The Labute approximate surface area is 114 Å². The summed E-state index contributed by atoms with van der Waals surface area (Å²) in [6, 6.07) is 8.11. The zero-order chi connectivity index (χ0) is 13.0. The second kappa shape index (κ2) is 6.53. The fourth-order valence-electron chi connectivity index (χ4n) is 2.58. The molecule has 0 saturated carbocycles. The molecule has 3 N–H and O–H groups in total. The van der Waals surface area contributed by atoms with Crippen molar-refractivity contribution in [3.63, 3.8) is 0 Å². The zero-order valence-corrected chi connectivity index (χ0v) is 11.3. The minimum atomic E-state index is 0.0437. The molecule has 1 aliphatic rings. The maximum Gasteiger partial charge on any atom is 0.0586 e. The van der Waals surface area contributed by atoms with Crippen LogP contribution in [-0.2, 0) is 0 Å². The summed E-state index contributed by atoms with van der Waals surface area (Å²) in [6.07, 6.45) is 3.20. The minimum absolute atomic E-state index is 0.0437. The molecule has 0 radical (unpaired) electrons. The molecular weight excluding hydrogens is 248 g/mol. The van der Waals surface area contributed by atoms with Gasteiger partial charge in [-0.15, -0.1) is 0 Å². The quantitative estimate of drug-likeness (QED) is 0.861. The van der Waals surface area contributed by atoms with Crippen molar-refractivity contribution in [2.75, 3.05) is 19.7 Å². The van der Waals surface area contributed by atoms with Crippen LogP contribution < -0.4 is 5.73 Å². The molecule has 1 aromatic rings. The van der Waals surface area contributed by atoms with Crippen LogP contribution in [0.15, 0.2) is 24.3 Å². The summed E-state index contributed by atoms with van der Waals surface area (Å²) in [6.45, 7) is 2.30. The minimum Gasteiger partial charge on any atom is -0.395 e. The SMILES string of the molecule is NC(CCN1CCCC1CO)c1ccc(Cl)cc1. The van der Waals surface area contributed by atoms with E-state index in [9.17, 15) is 5.11 Å². The van der Waals surface area contributed by atoms with Gasteiger partial charge in [-0.3, -0.25) is 4.90 Å². The number of halogens is 1. The molecular formula is C14H21ClN2O. The largest absolute Gasteiger partial charge is 0.395 e. The van der Waals surface area contributed by atoms with Gasteiger partial charge >= 0.3 is 0 Å². The third-order valence-corrected chi connectivity index (χ3v) is 3.99. The molecule has 0 spiro atoms. The maximum absolute atomic E-state index is 9.26. The van der Waals surface area contributed by atoms with Crippen molar-refractivity contribution in [2.45, 2.75) is 31.3 Å². The Morgan fingerprint density at radius 3 is 2.78 bits per heavy atom. The Morgan fingerprint density at radius 1 is 1.39 bits per heavy atom. The first kappa shape index (κ1) is 13.8. The van der Waals surface area contributed by atoms with E-state index in [1.165, 1.54) is 6.42 Å². The first-order valence-corrected chi connectivity index (χ1v) is 6.94. The molecule has 2 atom stereocenters. The molecule has 1 aromatic carbocycles. The topological polar surface area (TPSA) is 49.5 Å². The molecule has 1 heterocycles. The lowest BCUT2D eigenvalue weighted by atomic mass is 10.0. The van der Waals surface area contributed by atoms with Gasteiger partial charge in [-0.25, -0.2) is 0 Å². The Kier molecular flexibility index (Phi) is 5.01. The van der Waals surface area contributed by atoms with Gasteiger partial charge in [0.25, 0.3) is 0 Å². The summed E-state index contributed by atoms with van der Waals surface area (Å²) < 4.78 is 0. The van der Waals surface area contributed by atoms with Crippen LogP contribution in [0.5, 0.6) is 0 Å². The van der Waals surface area contributed by atoms with Gasteiger partial charge in [0.1, 0.15) is 0 Å². The average Bonchev–Trinajstić information content (AvgIpc) is 2.84. The van der Waals surface area contributed by atoms with E-state index in [1.807, 2.05) is 24.3 Å². The lowest BCUT2D eigenvalue weighted by Crippen LogP contribution is -2.34. The second-order valence-corrected chi connectivity index (χ2v) is 5.40. The van der Waals surface area contributed by atoms with E-state index in [1.54, 1.807) is 0 Å². The van der Waals surface area contributed by atoms with Gasteiger partial charge in [-0.05, 0) is 43.5 Å². The number of hydrogen-bond acceptors (Lipinski definition) is 3. The monoisotopic (exact) mass is 268 g/mol. The highest BCUT2D eigenvalue weighted by molar-refractivity contribution is 6.30. The molecule has 2 unspecified atom stereocenters. The van der Waals surface area contributed by atoms with E-state index < -0.39 is 0 Å². The van der Waals surface area contributed by atoms with Gasteiger partial charge < -0.3 is 10.8 Å². The summed E-state index contributed by atoms with van der Waals surface area (Å²) in [4.78, 5) is 2.34. The van der Waals surface area contributed by atoms with Crippen molar-refractivity contribution >= 4 is 11.6 Å². The van der Waals surface area contributed by atoms with E-state index in [2.05, 4.69) is 4.90 Å². The number of nitrogens with zero attached hydrogens (tertiary/aromatic N) is 1. The van der Waals surface area contributed by atoms with E-state index in [0.717, 1.165) is 36.5 Å². The Morgan fingerprint density at radius 2 is 2.11 bits per heavy atom. The summed E-state index contributed by atoms with van der Waals surface area (Å²) in [5.41, 5.74) is 7.30. The highest BCUT2D eigenvalue weighted by atomic mass is 35.5. The van der Waals surface area contributed by atoms with Crippen LogP contribution in [0.25, 0.3) is 0 Å². The van der Waals surface area contributed by atoms with E-state index in [0.29, 0.717) is 6.04 Å². The molecule has 0 aromatic heterocycles. The summed E-state index contributed by atoms with van der Waals surface area (Å²) in [7, 11) is 0. The van der Waals surface area contributed by atoms with Gasteiger partial charge in [-0.1, -0.05) is 23.7 Å². The predicted octanol–water partition coefficient (Wildman–Crippen LogP) is 2.19. The molecule has 0 amide bonds. The van der Waals surface area contributed by atoms with Crippen molar-refractivity contribution in [3.8, 4) is 0 Å². The summed E-state index contributed by atoms with van der Waals surface area (Å²) in [5, 5.41) is 10.0. The van der Waals surface area contributed by atoms with E-state index in [-0.39, 0.29) is 12.6 Å². The van der Waals surface area contributed by atoms with Gasteiger partial charge in [0.15, 0.2) is 0 Å². The Bertz CT molecular complexity index is 369. The van der Waals surface area contributed by atoms with Crippen LogP contribution in [0.1, 0.15) is 30.9 Å². The van der Waals surface area contributed by atoms with Crippen LogP contribution in [0.3, 0.4) is 0 Å². The highest BCUT2D eigenvalue weighted by Crippen LogP contribution is 2.21. The molecule has 0 bridgehead atoms. The predicted molar refractivity (Wildman–Crippen MR) is 74.7 cm³/mol. The van der Waals surface area contributed by atoms with Gasteiger partial charge in [-0.2, -0.15) is 0 Å². The molecule has 18 heavy (non-hydrogen) atoms. The number of rotatable bonds is 5. The van der Waals surface area contributed by atoms with Crippen LogP contribution in [0.2, 0.25) is 5.02 Å². The molecule has 4 heteroatoms. The standard InChI is InChI=1S/C14H21ClN2O/c15-12-5-3-11(4-6-12)14(16)7-9-17-8-1-2-13(17)10-18/h3-6,13-14,18H,1-2,7-10,16H2. The normalized spacial score (nSPS) is 22.3.